The Morgan fingerprint density at radius 2 is 1.64 bits per heavy atom. The largest absolute Gasteiger partial charge is 0.784 e. The molecule has 0 unspecified atom stereocenters. The summed E-state index contributed by atoms with van der Waals surface area (Å²) in [6, 6.07) is 0. The molecule has 0 spiro atoms. The molecule has 0 N–H and O–H groups in total. The van der Waals surface area contributed by atoms with Gasteiger partial charge in [-0.15, -0.1) is 0 Å². The summed E-state index contributed by atoms with van der Waals surface area (Å²) in [4.78, 5) is 0. The molecule has 1 rings (SSSR count). The van der Waals surface area contributed by atoms with E-state index < -0.39 is 0 Å². The van der Waals surface area contributed by atoms with Gasteiger partial charge in [0.25, 0.3) is 0 Å². The Morgan fingerprint density at radius 1 is 1.21 bits per heavy atom. The van der Waals surface area contributed by atoms with Crippen LogP contribution in [0, 0.1) is 5.21 Å². The molecule has 0 aromatic carbocycles. The zero-order valence-corrected chi connectivity index (χ0v) is 9.96. The van der Waals surface area contributed by atoms with Gasteiger partial charge in [-0.25, -0.2) is 0 Å². The number of piperidine rings is 1. The van der Waals surface area contributed by atoms with Crippen molar-refractivity contribution in [3.05, 3.63) is 5.21 Å². The quantitative estimate of drug-likeness (QED) is 0.687. The summed E-state index contributed by atoms with van der Waals surface area (Å²) < 4.78 is 5.64. The van der Waals surface area contributed by atoms with Crippen LogP contribution >= 0.6 is 0 Å². The van der Waals surface area contributed by atoms with E-state index in [4.69, 9.17) is 4.74 Å². The lowest BCUT2D eigenvalue weighted by Crippen LogP contribution is -2.59. The standard InChI is InChI=1S/C11H22NO2/c1-6-14-9-7-10(2,3)12(13)11(4,5)8-9/h9H,6-8H2,1-5H3/q-1. The highest BCUT2D eigenvalue weighted by Gasteiger charge is 2.40. The Hall–Kier alpha value is -0.120. The second-order valence-electron chi connectivity index (χ2n) is 5.40. The molecule has 1 fully saturated rings. The molecule has 1 aliphatic rings. The fourth-order valence-electron chi connectivity index (χ4n) is 2.53. The van der Waals surface area contributed by atoms with Gasteiger partial charge in [-0.1, -0.05) is 0 Å². The van der Waals surface area contributed by atoms with E-state index in [1.165, 1.54) is 5.06 Å². The van der Waals surface area contributed by atoms with Crippen LogP contribution in [0.5, 0.6) is 0 Å². The van der Waals surface area contributed by atoms with Crippen molar-refractivity contribution in [1.82, 2.24) is 5.06 Å². The van der Waals surface area contributed by atoms with Crippen LogP contribution in [0.3, 0.4) is 0 Å². The van der Waals surface area contributed by atoms with Gasteiger partial charge in [-0.3, -0.25) is 0 Å². The van der Waals surface area contributed by atoms with Crippen LogP contribution in [0.1, 0.15) is 47.5 Å². The third-order valence-corrected chi connectivity index (χ3v) is 2.96. The van der Waals surface area contributed by atoms with Crippen molar-refractivity contribution < 1.29 is 4.74 Å². The molecule has 14 heavy (non-hydrogen) atoms. The van der Waals surface area contributed by atoms with Crippen molar-refractivity contribution in [2.75, 3.05) is 6.61 Å². The summed E-state index contributed by atoms with van der Waals surface area (Å²) in [6.07, 6.45) is 1.89. The lowest BCUT2D eigenvalue weighted by molar-refractivity contribution is -0.0779. The van der Waals surface area contributed by atoms with Gasteiger partial charge in [-0.2, -0.15) is 0 Å². The van der Waals surface area contributed by atoms with Gasteiger partial charge in [0, 0.05) is 17.7 Å². The molecule has 0 aromatic heterocycles. The maximum Gasteiger partial charge on any atom is 0.0609 e. The third kappa shape index (κ3) is 2.27. The molecule has 1 saturated heterocycles. The monoisotopic (exact) mass is 200 g/mol. The molecule has 0 radical (unpaired) electrons. The number of ether oxygens (including phenoxy) is 1. The molecule has 0 atom stereocenters. The molecule has 3 nitrogen and oxygen atoms in total. The highest BCUT2D eigenvalue weighted by atomic mass is 16.5. The predicted molar refractivity (Wildman–Crippen MR) is 58.0 cm³/mol. The summed E-state index contributed by atoms with van der Waals surface area (Å²) in [5.74, 6) is 0. The molecule has 0 bridgehead atoms. The first kappa shape index (κ1) is 12.0. The first-order valence-corrected chi connectivity index (χ1v) is 5.38. The molecule has 3 heteroatoms. The van der Waals surface area contributed by atoms with Crippen molar-refractivity contribution in [2.24, 2.45) is 0 Å². The molecular formula is C11H22NO2-. The Kier molecular flexibility index (Phi) is 3.24. The van der Waals surface area contributed by atoms with Gasteiger partial charge in [0.15, 0.2) is 0 Å². The van der Waals surface area contributed by atoms with Crippen molar-refractivity contribution in [3.8, 4) is 0 Å². The molecule has 1 heterocycles. The average molecular weight is 200 g/mol. The SMILES string of the molecule is CCOC1CC(C)(C)N([O-])C(C)(C)C1. The Bertz CT molecular complexity index is 183. The minimum Gasteiger partial charge on any atom is -0.784 e. The number of hydrogen-bond acceptors (Lipinski definition) is 3. The van der Waals surface area contributed by atoms with Crippen LogP contribution < -0.4 is 0 Å². The maximum atomic E-state index is 12.0. The van der Waals surface area contributed by atoms with E-state index in [9.17, 15) is 5.21 Å². The number of rotatable bonds is 2. The molecule has 0 aliphatic carbocycles. The van der Waals surface area contributed by atoms with Crippen molar-refractivity contribution in [3.63, 3.8) is 0 Å². The van der Waals surface area contributed by atoms with E-state index in [1.54, 1.807) is 0 Å². The van der Waals surface area contributed by atoms with Crippen LogP contribution in [-0.2, 0) is 4.74 Å². The normalized spacial score (nSPS) is 27.9. The van der Waals surface area contributed by atoms with Crippen molar-refractivity contribution in [1.29, 1.82) is 0 Å². The van der Waals surface area contributed by atoms with Crippen LogP contribution in [0.25, 0.3) is 0 Å². The second-order valence-corrected chi connectivity index (χ2v) is 5.40. The average Bonchev–Trinajstić information content (AvgIpc) is 1.99. The minimum absolute atomic E-state index is 0.232. The van der Waals surface area contributed by atoms with E-state index in [1.807, 2.05) is 34.6 Å². The van der Waals surface area contributed by atoms with E-state index >= 15 is 0 Å². The zero-order valence-electron chi connectivity index (χ0n) is 9.96. The smallest absolute Gasteiger partial charge is 0.0609 e. The fourth-order valence-corrected chi connectivity index (χ4v) is 2.53. The van der Waals surface area contributed by atoms with Crippen molar-refractivity contribution in [2.45, 2.75) is 64.6 Å². The van der Waals surface area contributed by atoms with E-state index in [0.717, 1.165) is 19.4 Å². The lowest BCUT2D eigenvalue weighted by Gasteiger charge is -2.59. The first-order valence-electron chi connectivity index (χ1n) is 5.38. The van der Waals surface area contributed by atoms with Crippen molar-refractivity contribution >= 4 is 0 Å². The fraction of sp³-hybridized carbons (Fsp3) is 1.00. The van der Waals surface area contributed by atoms with Gasteiger partial charge < -0.3 is 15.0 Å². The molecule has 0 amide bonds. The molecule has 0 aromatic rings. The molecule has 1 aliphatic heterocycles. The van der Waals surface area contributed by atoms with E-state index in [2.05, 4.69) is 0 Å². The number of hydrogen-bond donors (Lipinski definition) is 0. The van der Waals surface area contributed by atoms with Crippen LogP contribution in [0.4, 0.5) is 0 Å². The van der Waals surface area contributed by atoms with Crippen LogP contribution in [0.15, 0.2) is 0 Å². The Labute approximate surface area is 87.0 Å². The maximum absolute atomic E-state index is 12.0. The third-order valence-electron chi connectivity index (χ3n) is 2.96. The van der Waals surface area contributed by atoms with Gasteiger partial charge in [-0.05, 0) is 47.5 Å². The van der Waals surface area contributed by atoms with Gasteiger partial charge in [0.05, 0.1) is 6.10 Å². The minimum atomic E-state index is -0.304. The zero-order chi connectivity index (χ0) is 11.0. The lowest BCUT2D eigenvalue weighted by atomic mass is 9.80. The van der Waals surface area contributed by atoms with Crippen LogP contribution in [0.2, 0.25) is 0 Å². The highest BCUT2D eigenvalue weighted by Crippen LogP contribution is 2.38. The van der Waals surface area contributed by atoms with Gasteiger partial charge in [0.2, 0.25) is 0 Å². The summed E-state index contributed by atoms with van der Waals surface area (Å²) in [5, 5.41) is 13.2. The summed E-state index contributed by atoms with van der Waals surface area (Å²) in [5.41, 5.74) is -0.608. The van der Waals surface area contributed by atoms with Gasteiger partial charge in [0.1, 0.15) is 0 Å². The Morgan fingerprint density at radius 3 is 2.00 bits per heavy atom. The summed E-state index contributed by atoms with van der Waals surface area (Å²) in [6.45, 7) is 10.7. The van der Waals surface area contributed by atoms with Gasteiger partial charge >= 0.3 is 0 Å². The number of nitrogens with zero attached hydrogens (tertiary/aromatic N) is 1. The topological polar surface area (TPSA) is 35.5 Å². The highest BCUT2D eigenvalue weighted by molar-refractivity contribution is 5.00. The van der Waals surface area contributed by atoms with Crippen LogP contribution in [-0.4, -0.2) is 28.9 Å². The molecule has 0 saturated carbocycles. The second kappa shape index (κ2) is 3.80. The molecular weight excluding hydrogens is 178 g/mol. The first-order chi connectivity index (χ1) is 6.29. The van der Waals surface area contributed by atoms with E-state index in [-0.39, 0.29) is 17.2 Å². The number of hydroxylamine groups is 2. The summed E-state index contributed by atoms with van der Waals surface area (Å²) >= 11 is 0. The summed E-state index contributed by atoms with van der Waals surface area (Å²) in [7, 11) is 0. The predicted octanol–water partition coefficient (Wildman–Crippen LogP) is 2.54. The van der Waals surface area contributed by atoms with E-state index in [0.29, 0.717) is 0 Å². The molecule has 84 valence electrons. The Balaban J connectivity index is 2.75.